The summed E-state index contributed by atoms with van der Waals surface area (Å²) in [6.45, 7) is 1.92. The smallest absolute Gasteiger partial charge is 0.251 e. The molecule has 1 aromatic heterocycles. The molecule has 0 spiro atoms. The molecular formula is C16H14ClN5O. The molecule has 1 amide bonds. The third-order valence-electron chi connectivity index (χ3n) is 3.44. The van der Waals surface area contributed by atoms with Crippen molar-refractivity contribution < 1.29 is 4.79 Å². The number of tetrazole rings is 1. The van der Waals surface area contributed by atoms with E-state index in [2.05, 4.69) is 20.8 Å². The number of rotatable bonds is 4. The summed E-state index contributed by atoms with van der Waals surface area (Å²) in [7, 11) is 0. The number of amides is 1. The summed E-state index contributed by atoms with van der Waals surface area (Å²) < 4.78 is 1.52. The molecule has 0 bridgehead atoms. The van der Waals surface area contributed by atoms with Crippen LogP contribution in [0.15, 0.2) is 54.9 Å². The van der Waals surface area contributed by atoms with Crippen molar-refractivity contribution in [2.45, 2.75) is 13.0 Å². The molecule has 3 aromatic rings. The van der Waals surface area contributed by atoms with E-state index in [1.54, 1.807) is 30.3 Å². The predicted molar refractivity (Wildman–Crippen MR) is 86.5 cm³/mol. The van der Waals surface area contributed by atoms with Gasteiger partial charge in [0.05, 0.1) is 11.7 Å². The number of nitrogens with zero attached hydrogens (tertiary/aromatic N) is 4. The Balaban J connectivity index is 1.71. The van der Waals surface area contributed by atoms with Crippen LogP contribution in [-0.2, 0) is 0 Å². The lowest BCUT2D eigenvalue weighted by Crippen LogP contribution is -2.26. The fourth-order valence-electron chi connectivity index (χ4n) is 2.18. The van der Waals surface area contributed by atoms with Gasteiger partial charge in [-0.1, -0.05) is 23.7 Å². The van der Waals surface area contributed by atoms with Gasteiger partial charge in [-0.05, 0) is 59.3 Å². The second-order valence-electron chi connectivity index (χ2n) is 5.05. The maximum atomic E-state index is 12.3. The Morgan fingerprint density at radius 3 is 2.65 bits per heavy atom. The predicted octanol–water partition coefficient (Wildman–Crippen LogP) is 2.81. The maximum absolute atomic E-state index is 12.3. The van der Waals surface area contributed by atoms with Crippen molar-refractivity contribution in [2.75, 3.05) is 0 Å². The van der Waals surface area contributed by atoms with Crippen LogP contribution in [-0.4, -0.2) is 26.1 Å². The van der Waals surface area contributed by atoms with Gasteiger partial charge >= 0.3 is 0 Å². The summed E-state index contributed by atoms with van der Waals surface area (Å²) in [6, 6.07) is 14.3. The molecule has 1 atom stereocenters. The first-order valence-electron chi connectivity index (χ1n) is 7.03. The van der Waals surface area contributed by atoms with Crippen LogP contribution in [0.1, 0.15) is 28.9 Å². The topological polar surface area (TPSA) is 72.7 Å². The van der Waals surface area contributed by atoms with Gasteiger partial charge in [-0.25, -0.2) is 4.68 Å². The zero-order chi connectivity index (χ0) is 16.2. The Morgan fingerprint density at radius 1 is 1.22 bits per heavy atom. The van der Waals surface area contributed by atoms with Crippen molar-refractivity contribution in [3.8, 4) is 5.69 Å². The molecule has 1 heterocycles. The van der Waals surface area contributed by atoms with E-state index in [0.717, 1.165) is 11.3 Å². The standard InChI is InChI=1S/C16H14ClN5O/c1-11(13-3-2-4-14(17)9-13)19-16(23)12-5-7-15(8-6-12)22-10-18-20-21-22/h2-11H,1H3,(H,19,23)/t11-/m0/s1. The van der Waals surface area contributed by atoms with E-state index in [1.165, 1.54) is 11.0 Å². The van der Waals surface area contributed by atoms with Gasteiger partial charge in [0, 0.05) is 10.6 Å². The number of hydrogen-bond donors (Lipinski definition) is 1. The molecule has 0 saturated heterocycles. The van der Waals surface area contributed by atoms with Crippen LogP contribution in [0, 0.1) is 0 Å². The largest absolute Gasteiger partial charge is 0.346 e. The van der Waals surface area contributed by atoms with Gasteiger partial charge in [-0.3, -0.25) is 4.79 Å². The van der Waals surface area contributed by atoms with Crippen molar-refractivity contribution in [3.63, 3.8) is 0 Å². The Labute approximate surface area is 138 Å². The normalized spacial score (nSPS) is 11.9. The Kier molecular flexibility index (Phi) is 4.34. The first-order chi connectivity index (χ1) is 11.1. The van der Waals surface area contributed by atoms with Crippen molar-refractivity contribution >= 4 is 17.5 Å². The first kappa shape index (κ1) is 15.2. The number of aromatic nitrogens is 4. The van der Waals surface area contributed by atoms with Gasteiger partial charge in [0.2, 0.25) is 0 Å². The molecule has 0 aliphatic rings. The first-order valence-corrected chi connectivity index (χ1v) is 7.41. The van der Waals surface area contributed by atoms with Crippen LogP contribution in [0.25, 0.3) is 5.69 Å². The number of halogens is 1. The molecule has 116 valence electrons. The second kappa shape index (κ2) is 6.58. The van der Waals surface area contributed by atoms with Crippen molar-refractivity contribution in [1.29, 1.82) is 0 Å². The minimum absolute atomic E-state index is 0.139. The van der Waals surface area contributed by atoms with E-state index in [-0.39, 0.29) is 11.9 Å². The molecule has 0 fully saturated rings. The van der Waals surface area contributed by atoms with Crippen LogP contribution >= 0.6 is 11.6 Å². The third-order valence-corrected chi connectivity index (χ3v) is 3.67. The molecular weight excluding hydrogens is 314 g/mol. The van der Waals surface area contributed by atoms with Crippen LogP contribution in [0.3, 0.4) is 0 Å². The molecule has 2 aromatic carbocycles. The van der Waals surface area contributed by atoms with Crippen LogP contribution in [0.5, 0.6) is 0 Å². The zero-order valence-corrected chi connectivity index (χ0v) is 13.1. The highest BCUT2D eigenvalue weighted by Gasteiger charge is 2.12. The molecule has 0 saturated carbocycles. The monoisotopic (exact) mass is 327 g/mol. The fraction of sp³-hybridized carbons (Fsp3) is 0.125. The van der Waals surface area contributed by atoms with Gasteiger partial charge in [0.25, 0.3) is 5.91 Å². The van der Waals surface area contributed by atoms with E-state index >= 15 is 0 Å². The second-order valence-corrected chi connectivity index (χ2v) is 5.49. The summed E-state index contributed by atoms with van der Waals surface area (Å²) in [4.78, 5) is 12.3. The van der Waals surface area contributed by atoms with E-state index in [0.29, 0.717) is 10.6 Å². The quantitative estimate of drug-likeness (QED) is 0.799. The molecule has 0 unspecified atom stereocenters. The lowest BCUT2D eigenvalue weighted by molar-refractivity contribution is 0.0940. The van der Waals surface area contributed by atoms with E-state index in [1.807, 2.05) is 25.1 Å². The molecule has 0 aliphatic heterocycles. The lowest BCUT2D eigenvalue weighted by Gasteiger charge is -2.14. The van der Waals surface area contributed by atoms with Gasteiger partial charge in [-0.15, -0.1) is 5.10 Å². The minimum Gasteiger partial charge on any atom is -0.346 e. The average Bonchev–Trinajstić information content (AvgIpc) is 3.09. The molecule has 6 nitrogen and oxygen atoms in total. The minimum atomic E-state index is -0.152. The summed E-state index contributed by atoms with van der Waals surface area (Å²) in [5, 5.41) is 14.6. The summed E-state index contributed by atoms with van der Waals surface area (Å²) >= 11 is 5.98. The van der Waals surface area contributed by atoms with E-state index in [9.17, 15) is 4.79 Å². The average molecular weight is 328 g/mol. The lowest BCUT2D eigenvalue weighted by atomic mass is 10.1. The van der Waals surface area contributed by atoms with Crippen molar-refractivity contribution in [1.82, 2.24) is 25.5 Å². The molecule has 7 heteroatoms. The SMILES string of the molecule is C[C@H](NC(=O)c1ccc(-n2cnnn2)cc1)c1cccc(Cl)c1. The summed E-state index contributed by atoms with van der Waals surface area (Å²) in [5.74, 6) is -0.152. The molecule has 3 rings (SSSR count). The number of nitrogens with one attached hydrogen (secondary N) is 1. The Bertz CT molecular complexity index is 802. The van der Waals surface area contributed by atoms with Crippen molar-refractivity contribution in [2.24, 2.45) is 0 Å². The van der Waals surface area contributed by atoms with Gasteiger partial charge in [0.1, 0.15) is 6.33 Å². The highest BCUT2D eigenvalue weighted by molar-refractivity contribution is 6.30. The summed E-state index contributed by atoms with van der Waals surface area (Å²) in [5.41, 5.74) is 2.31. The Hall–Kier alpha value is -2.73. The van der Waals surface area contributed by atoms with Gasteiger partial charge in [-0.2, -0.15) is 0 Å². The van der Waals surface area contributed by atoms with Crippen molar-refractivity contribution in [3.05, 3.63) is 71.0 Å². The fourth-order valence-corrected chi connectivity index (χ4v) is 2.38. The molecule has 0 radical (unpaired) electrons. The number of carbonyl (C=O) groups is 1. The van der Waals surface area contributed by atoms with Gasteiger partial charge < -0.3 is 5.32 Å². The highest BCUT2D eigenvalue weighted by Crippen LogP contribution is 2.18. The van der Waals surface area contributed by atoms with Crippen LogP contribution in [0.2, 0.25) is 5.02 Å². The van der Waals surface area contributed by atoms with Gasteiger partial charge in [0.15, 0.2) is 0 Å². The molecule has 1 N–H and O–H groups in total. The third kappa shape index (κ3) is 3.54. The molecule has 23 heavy (non-hydrogen) atoms. The zero-order valence-electron chi connectivity index (χ0n) is 12.3. The number of carbonyl (C=O) groups excluding carboxylic acids is 1. The number of benzene rings is 2. The van der Waals surface area contributed by atoms with Crippen LogP contribution in [0.4, 0.5) is 0 Å². The number of hydrogen-bond acceptors (Lipinski definition) is 4. The highest BCUT2D eigenvalue weighted by atomic mass is 35.5. The Morgan fingerprint density at radius 2 is 2.00 bits per heavy atom. The summed E-state index contributed by atoms with van der Waals surface area (Å²) in [6.07, 6.45) is 1.50. The van der Waals surface area contributed by atoms with E-state index < -0.39 is 0 Å². The van der Waals surface area contributed by atoms with Crippen LogP contribution < -0.4 is 5.32 Å². The molecule has 0 aliphatic carbocycles. The maximum Gasteiger partial charge on any atom is 0.251 e. The van der Waals surface area contributed by atoms with E-state index in [4.69, 9.17) is 11.6 Å².